The Morgan fingerprint density at radius 3 is 3.00 bits per heavy atom. The van der Waals surface area contributed by atoms with E-state index < -0.39 is 0 Å². The van der Waals surface area contributed by atoms with Crippen molar-refractivity contribution in [2.45, 2.75) is 19.9 Å². The third-order valence-corrected chi connectivity index (χ3v) is 2.40. The topological polar surface area (TPSA) is 24.9 Å². The fraction of sp³-hybridized carbons (Fsp3) is 0.571. The highest BCUT2D eigenvalue weighted by Gasteiger charge is 1.96. The molecule has 0 fully saturated rings. The molecule has 0 unspecified atom stereocenters. The van der Waals surface area contributed by atoms with Gasteiger partial charge in [0.1, 0.15) is 0 Å². The van der Waals surface area contributed by atoms with Crippen LogP contribution in [0.25, 0.3) is 0 Å². The van der Waals surface area contributed by atoms with E-state index in [0.29, 0.717) is 0 Å². The first kappa shape index (κ1) is 7.69. The Labute approximate surface area is 65.3 Å². The molecule has 0 bridgehead atoms. The van der Waals surface area contributed by atoms with Gasteiger partial charge in [-0.3, -0.25) is 0 Å². The van der Waals surface area contributed by atoms with Crippen molar-refractivity contribution >= 4 is 11.3 Å². The summed E-state index contributed by atoms with van der Waals surface area (Å²) in [5, 5.41) is 4.32. The van der Waals surface area contributed by atoms with E-state index in [1.54, 1.807) is 11.3 Å². The molecule has 0 radical (unpaired) electrons. The van der Waals surface area contributed by atoms with Gasteiger partial charge in [0.15, 0.2) is 0 Å². The average molecular weight is 156 g/mol. The Bertz CT molecular complexity index is 195. The van der Waals surface area contributed by atoms with E-state index in [1.807, 2.05) is 13.2 Å². The molecule has 56 valence electrons. The van der Waals surface area contributed by atoms with Crippen LogP contribution in [0.2, 0.25) is 0 Å². The molecule has 1 aromatic rings. The monoisotopic (exact) mass is 156 g/mol. The van der Waals surface area contributed by atoms with Crippen molar-refractivity contribution in [3.63, 3.8) is 0 Å². The maximum atomic E-state index is 4.23. The molecular formula is C7H12N2S. The minimum absolute atomic E-state index is 0.942. The quantitative estimate of drug-likeness (QED) is 0.716. The molecule has 1 rings (SSSR count). The fourth-order valence-electron chi connectivity index (χ4n) is 0.767. The molecule has 0 aromatic carbocycles. The summed E-state index contributed by atoms with van der Waals surface area (Å²) >= 11 is 1.78. The number of rotatable bonds is 3. The molecule has 1 N–H and O–H groups in total. The van der Waals surface area contributed by atoms with Crippen LogP contribution in [0.4, 0.5) is 0 Å². The summed E-state index contributed by atoms with van der Waals surface area (Å²) in [6.07, 6.45) is 2.99. The van der Waals surface area contributed by atoms with Gasteiger partial charge >= 0.3 is 0 Å². The zero-order valence-corrected chi connectivity index (χ0v) is 7.16. The summed E-state index contributed by atoms with van der Waals surface area (Å²) < 4.78 is 0. The van der Waals surface area contributed by atoms with Gasteiger partial charge < -0.3 is 5.32 Å². The highest BCUT2D eigenvalue weighted by Crippen LogP contribution is 2.12. The van der Waals surface area contributed by atoms with Crippen molar-refractivity contribution < 1.29 is 0 Å². The zero-order chi connectivity index (χ0) is 7.40. The number of nitrogens with one attached hydrogen (secondary N) is 1. The second-order valence-corrected chi connectivity index (χ2v) is 3.30. The Hall–Kier alpha value is -0.410. The van der Waals surface area contributed by atoms with Gasteiger partial charge in [-0.1, -0.05) is 6.92 Å². The van der Waals surface area contributed by atoms with Crippen LogP contribution in [-0.4, -0.2) is 12.0 Å². The first-order valence-electron chi connectivity index (χ1n) is 3.45. The van der Waals surface area contributed by atoms with Gasteiger partial charge in [-0.05, 0) is 13.5 Å². The first-order valence-corrected chi connectivity index (χ1v) is 4.26. The Balaban J connectivity index is 2.59. The molecule has 2 nitrogen and oxygen atoms in total. The van der Waals surface area contributed by atoms with Crippen molar-refractivity contribution in [3.8, 4) is 0 Å². The second-order valence-electron chi connectivity index (χ2n) is 2.10. The smallest absolute Gasteiger partial charge is 0.0925 e. The van der Waals surface area contributed by atoms with E-state index in [0.717, 1.165) is 13.0 Å². The molecule has 0 aliphatic heterocycles. The van der Waals surface area contributed by atoms with Crippen molar-refractivity contribution in [1.29, 1.82) is 0 Å². The summed E-state index contributed by atoms with van der Waals surface area (Å²) in [6, 6.07) is 0. The van der Waals surface area contributed by atoms with Crippen LogP contribution < -0.4 is 5.32 Å². The number of hydrogen-bond acceptors (Lipinski definition) is 3. The number of nitrogens with zero attached hydrogens (tertiary/aromatic N) is 1. The fourth-order valence-corrected chi connectivity index (χ4v) is 1.64. The largest absolute Gasteiger partial charge is 0.315 e. The molecular weight excluding hydrogens is 144 g/mol. The number of aryl methyl sites for hydroxylation is 1. The Kier molecular flexibility index (Phi) is 2.83. The van der Waals surface area contributed by atoms with Crippen LogP contribution in [-0.2, 0) is 13.0 Å². The molecule has 0 atom stereocenters. The van der Waals surface area contributed by atoms with Crippen LogP contribution in [0.5, 0.6) is 0 Å². The highest BCUT2D eigenvalue weighted by molar-refractivity contribution is 7.11. The van der Waals surface area contributed by atoms with E-state index in [1.165, 1.54) is 9.88 Å². The van der Waals surface area contributed by atoms with Crippen LogP contribution in [0.1, 0.15) is 16.8 Å². The van der Waals surface area contributed by atoms with Gasteiger partial charge in [-0.2, -0.15) is 0 Å². The van der Waals surface area contributed by atoms with Gasteiger partial charge in [0, 0.05) is 17.6 Å². The predicted octanol–water partition coefficient (Wildman–Crippen LogP) is 1.42. The van der Waals surface area contributed by atoms with Crippen molar-refractivity contribution in [2.75, 3.05) is 7.05 Å². The zero-order valence-electron chi connectivity index (χ0n) is 6.35. The van der Waals surface area contributed by atoms with Gasteiger partial charge in [-0.25, -0.2) is 4.98 Å². The Morgan fingerprint density at radius 1 is 1.70 bits per heavy atom. The molecule has 1 aromatic heterocycles. The lowest BCUT2D eigenvalue weighted by molar-refractivity contribution is 0.829. The molecule has 3 heteroatoms. The van der Waals surface area contributed by atoms with E-state index in [4.69, 9.17) is 0 Å². The van der Waals surface area contributed by atoms with Gasteiger partial charge in [0.05, 0.1) is 5.01 Å². The lowest BCUT2D eigenvalue weighted by Crippen LogP contribution is -2.02. The van der Waals surface area contributed by atoms with Crippen molar-refractivity contribution in [1.82, 2.24) is 10.3 Å². The van der Waals surface area contributed by atoms with Crippen LogP contribution >= 0.6 is 11.3 Å². The number of hydrogen-bond donors (Lipinski definition) is 1. The molecule has 1 heterocycles. The van der Waals surface area contributed by atoms with Gasteiger partial charge in [-0.15, -0.1) is 11.3 Å². The number of aromatic nitrogens is 1. The molecule has 0 spiro atoms. The van der Waals surface area contributed by atoms with E-state index in [2.05, 4.69) is 17.2 Å². The minimum Gasteiger partial charge on any atom is -0.315 e. The molecule has 0 aliphatic carbocycles. The van der Waals surface area contributed by atoms with E-state index in [-0.39, 0.29) is 0 Å². The maximum absolute atomic E-state index is 4.23. The third kappa shape index (κ3) is 1.78. The lowest BCUT2D eigenvalue weighted by Gasteiger charge is -1.89. The Morgan fingerprint density at radius 2 is 2.50 bits per heavy atom. The highest BCUT2D eigenvalue weighted by atomic mass is 32.1. The molecule has 0 aliphatic rings. The second kappa shape index (κ2) is 3.68. The summed E-state index contributed by atoms with van der Waals surface area (Å²) in [4.78, 5) is 5.55. The summed E-state index contributed by atoms with van der Waals surface area (Å²) in [5.74, 6) is 0. The average Bonchev–Trinajstić information content (AvgIpc) is 2.37. The van der Waals surface area contributed by atoms with E-state index in [9.17, 15) is 0 Å². The molecule has 10 heavy (non-hydrogen) atoms. The molecule has 0 amide bonds. The van der Waals surface area contributed by atoms with Crippen LogP contribution in [0.3, 0.4) is 0 Å². The van der Waals surface area contributed by atoms with Gasteiger partial charge in [0.25, 0.3) is 0 Å². The third-order valence-electron chi connectivity index (χ3n) is 1.25. The summed E-state index contributed by atoms with van der Waals surface area (Å²) in [5.41, 5.74) is 0. The van der Waals surface area contributed by atoms with E-state index >= 15 is 0 Å². The number of thiazole rings is 1. The SMILES string of the molecule is CCc1ncc(CNC)s1. The minimum atomic E-state index is 0.942. The summed E-state index contributed by atoms with van der Waals surface area (Å²) in [6.45, 7) is 3.07. The predicted molar refractivity (Wildman–Crippen MR) is 44.3 cm³/mol. The summed E-state index contributed by atoms with van der Waals surface area (Å²) in [7, 11) is 1.95. The maximum Gasteiger partial charge on any atom is 0.0925 e. The normalized spacial score (nSPS) is 10.2. The van der Waals surface area contributed by atoms with Crippen molar-refractivity contribution in [2.24, 2.45) is 0 Å². The molecule has 0 saturated carbocycles. The van der Waals surface area contributed by atoms with Crippen molar-refractivity contribution in [3.05, 3.63) is 16.1 Å². The lowest BCUT2D eigenvalue weighted by atomic mass is 10.5. The van der Waals surface area contributed by atoms with Crippen LogP contribution in [0.15, 0.2) is 6.20 Å². The van der Waals surface area contributed by atoms with Gasteiger partial charge in [0.2, 0.25) is 0 Å². The molecule has 0 saturated heterocycles. The standard InChI is InChI=1S/C7H12N2S/c1-3-7-9-5-6(10-7)4-8-2/h5,8H,3-4H2,1-2H3. The first-order chi connectivity index (χ1) is 4.86. The van der Waals surface area contributed by atoms with Crippen LogP contribution in [0, 0.1) is 0 Å².